The fraction of sp³-hybridized carbons (Fsp3) is 0.438. The summed E-state index contributed by atoms with van der Waals surface area (Å²) < 4.78 is 27.3. The molecule has 0 bridgehead atoms. The molecule has 0 aliphatic carbocycles. The van der Waals surface area contributed by atoms with Crippen molar-refractivity contribution < 1.29 is 8.42 Å². The SMILES string of the molecule is Cc1cccc(S(=O)(=O)N2CCCC(c3[nH]ncc3C)C2)c1. The molecular formula is C16H21N3O2S. The highest BCUT2D eigenvalue weighted by molar-refractivity contribution is 7.89. The van der Waals surface area contributed by atoms with E-state index in [1.807, 2.05) is 19.9 Å². The lowest BCUT2D eigenvalue weighted by atomic mass is 9.94. The Kier molecular flexibility index (Phi) is 4.06. The van der Waals surface area contributed by atoms with Gasteiger partial charge in [0.2, 0.25) is 10.0 Å². The molecule has 6 heteroatoms. The molecule has 1 N–H and O–H groups in total. The van der Waals surface area contributed by atoms with E-state index in [2.05, 4.69) is 10.2 Å². The summed E-state index contributed by atoms with van der Waals surface area (Å²) in [6.45, 7) is 5.01. The topological polar surface area (TPSA) is 66.1 Å². The summed E-state index contributed by atoms with van der Waals surface area (Å²) in [6.07, 6.45) is 3.65. The highest BCUT2D eigenvalue weighted by Gasteiger charge is 2.31. The zero-order chi connectivity index (χ0) is 15.7. The van der Waals surface area contributed by atoms with Crippen molar-refractivity contribution in [2.24, 2.45) is 0 Å². The van der Waals surface area contributed by atoms with E-state index < -0.39 is 10.0 Å². The van der Waals surface area contributed by atoms with Gasteiger partial charge in [-0.05, 0) is 49.9 Å². The standard InChI is InChI=1S/C16H21N3O2S/c1-12-5-3-7-15(9-12)22(20,21)19-8-4-6-14(11-19)16-13(2)10-17-18-16/h3,5,7,9-10,14H,4,6,8,11H2,1-2H3,(H,17,18). The number of hydrogen-bond donors (Lipinski definition) is 1. The molecule has 1 aliphatic heterocycles. The van der Waals surface area contributed by atoms with Crippen LogP contribution in [-0.4, -0.2) is 36.0 Å². The van der Waals surface area contributed by atoms with Crippen LogP contribution >= 0.6 is 0 Å². The number of aryl methyl sites for hydroxylation is 2. The van der Waals surface area contributed by atoms with Crippen LogP contribution in [0.5, 0.6) is 0 Å². The number of aromatic nitrogens is 2. The minimum atomic E-state index is -3.42. The van der Waals surface area contributed by atoms with Crippen molar-refractivity contribution in [1.29, 1.82) is 0 Å². The number of rotatable bonds is 3. The molecule has 1 aromatic heterocycles. The van der Waals surface area contributed by atoms with E-state index in [-0.39, 0.29) is 5.92 Å². The highest BCUT2D eigenvalue weighted by atomic mass is 32.2. The lowest BCUT2D eigenvalue weighted by molar-refractivity contribution is 0.312. The minimum Gasteiger partial charge on any atom is -0.282 e. The van der Waals surface area contributed by atoms with Gasteiger partial charge in [0.25, 0.3) is 0 Å². The summed E-state index contributed by atoms with van der Waals surface area (Å²) in [5, 5.41) is 7.09. The number of benzene rings is 1. The Bertz CT molecular complexity index is 767. The lowest BCUT2D eigenvalue weighted by Gasteiger charge is -2.31. The van der Waals surface area contributed by atoms with Gasteiger partial charge in [-0.2, -0.15) is 9.40 Å². The molecule has 3 rings (SSSR count). The van der Waals surface area contributed by atoms with Crippen LogP contribution in [0.15, 0.2) is 35.4 Å². The number of hydrogen-bond acceptors (Lipinski definition) is 3. The van der Waals surface area contributed by atoms with Crippen molar-refractivity contribution in [3.8, 4) is 0 Å². The molecule has 2 aromatic rings. The smallest absolute Gasteiger partial charge is 0.243 e. The number of nitrogens with one attached hydrogen (secondary N) is 1. The van der Waals surface area contributed by atoms with Crippen LogP contribution in [0.2, 0.25) is 0 Å². The maximum absolute atomic E-state index is 12.8. The van der Waals surface area contributed by atoms with Crippen LogP contribution in [0, 0.1) is 13.8 Å². The van der Waals surface area contributed by atoms with Gasteiger partial charge in [0.05, 0.1) is 11.1 Å². The molecule has 0 spiro atoms. The summed E-state index contributed by atoms with van der Waals surface area (Å²) in [7, 11) is -3.42. The molecular weight excluding hydrogens is 298 g/mol. The Balaban J connectivity index is 1.87. The van der Waals surface area contributed by atoms with Crippen molar-refractivity contribution in [2.45, 2.75) is 37.5 Å². The molecule has 0 radical (unpaired) electrons. The zero-order valence-corrected chi connectivity index (χ0v) is 13.7. The Morgan fingerprint density at radius 2 is 2.14 bits per heavy atom. The number of sulfonamides is 1. The number of aromatic amines is 1. The molecule has 5 nitrogen and oxygen atoms in total. The second kappa shape index (κ2) is 5.85. The molecule has 118 valence electrons. The first-order valence-corrected chi connectivity index (χ1v) is 8.99. The van der Waals surface area contributed by atoms with Crippen molar-refractivity contribution in [3.05, 3.63) is 47.3 Å². The first-order valence-electron chi connectivity index (χ1n) is 7.55. The van der Waals surface area contributed by atoms with Crippen LogP contribution in [0.25, 0.3) is 0 Å². The molecule has 22 heavy (non-hydrogen) atoms. The molecule has 1 aliphatic rings. The van der Waals surface area contributed by atoms with Gasteiger partial charge in [0.1, 0.15) is 0 Å². The predicted octanol–water partition coefficient (Wildman–Crippen LogP) is 2.59. The molecule has 1 fully saturated rings. The van der Waals surface area contributed by atoms with Crippen molar-refractivity contribution in [2.75, 3.05) is 13.1 Å². The maximum Gasteiger partial charge on any atom is 0.243 e. The van der Waals surface area contributed by atoms with Gasteiger partial charge in [-0.25, -0.2) is 8.42 Å². The van der Waals surface area contributed by atoms with Crippen LogP contribution in [0.3, 0.4) is 0 Å². The average Bonchev–Trinajstić information content (AvgIpc) is 2.93. The van der Waals surface area contributed by atoms with Crippen molar-refractivity contribution >= 4 is 10.0 Å². The van der Waals surface area contributed by atoms with Gasteiger partial charge in [-0.15, -0.1) is 0 Å². The normalized spacial score (nSPS) is 20.2. The van der Waals surface area contributed by atoms with Crippen molar-refractivity contribution in [3.63, 3.8) is 0 Å². The molecule has 0 amide bonds. The number of nitrogens with zero attached hydrogens (tertiary/aromatic N) is 2. The van der Waals surface area contributed by atoms with Gasteiger partial charge >= 0.3 is 0 Å². The molecule has 0 saturated carbocycles. The third-order valence-corrected chi connectivity index (χ3v) is 6.15. The van der Waals surface area contributed by atoms with E-state index in [1.54, 1.807) is 28.7 Å². The number of H-pyrrole nitrogens is 1. The van der Waals surface area contributed by atoms with Gasteiger partial charge in [0, 0.05) is 24.7 Å². The van der Waals surface area contributed by atoms with Gasteiger partial charge < -0.3 is 0 Å². The first kappa shape index (κ1) is 15.2. The minimum absolute atomic E-state index is 0.191. The van der Waals surface area contributed by atoms with Crippen LogP contribution < -0.4 is 0 Å². The molecule has 1 unspecified atom stereocenters. The fourth-order valence-corrected chi connectivity index (χ4v) is 4.72. The predicted molar refractivity (Wildman–Crippen MR) is 85.2 cm³/mol. The third-order valence-electron chi connectivity index (χ3n) is 4.29. The Morgan fingerprint density at radius 3 is 2.82 bits per heavy atom. The average molecular weight is 319 g/mol. The van der Waals surface area contributed by atoms with E-state index in [0.717, 1.165) is 29.7 Å². The van der Waals surface area contributed by atoms with E-state index >= 15 is 0 Å². The fourth-order valence-electron chi connectivity index (χ4n) is 3.09. The van der Waals surface area contributed by atoms with Gasteiger partial charge in [-0.3, -0.25) is 5.10 Å². The van der Waals surface area contributed by atoms with Crippen LogP contribution in [0.4, 0.5) is 0 Å². The summed E-state index contributed by atoms with van der Waals surface area (Å²) >= 11 is 0. The lowest BCUT2D eigenvalue weighted by Crippen LogP contribution is -2.39. The zero-order valence-electron chi connectivity index (χ0n) is 12.9. The summed E-state index contributed by atoms with van der Waals surface area (Å²) in [4.78, 5) is 0.384. The largest absolute Gasteiger partial charge is 0.282 e. The first-order chi connectivity index (χ1) is 10.5. The van der Waals surface area contributed by atoms with Crippen LogP contribution in [-0.2, 0) is 10.0 Å². The third kappa shape index (κ3) is 2.80. The van der Waals surface area contributed by atoms with Crippen LogP contribution in [0.1, 0.15) is 35.6 Å². The van der Waals surface area contributed by atoms with E-state index in [4.69, 9.17) is 0 Å². The van der Waals surface area contributed by atoms with Gasteiger partial charge in [0.15, 0.2) is 0 Å². The second-order valence-electron chi connectivity index (χ2n) is 5.99. The molecule has 1 atom stereocenters. The number of piperidine rings is 1. The molecule has 1 saturated heterocycles. The Morgan fingerprint density at radius 1 is 1.32 bits per heavy atom. The molecule has 2 heterocycles. The summed E-state index contributed by atoms with van der Waals surface area (Å²) in [6, 6.07) is 7.11. The van der Waals surface area contributed by atoms with E-state index in [1.165, 1.54) is 0 Å². The Hall–Kier alpha value is -1.66. The highest BCUT2D eigenvalue weighted by Crippen LogP contribution is 2.30. The maximum atomic E-state index is 12.8. The van der Waals surface area contributed by atoms with E-state index in [9.17, 15) is 8.42 Å². The van der Waals surface area contributed by atoms with E-state index in [0.29, 0.717) is 18.0 Å². The quantitative estimate of drug-likeness (QED) is 0.945. The molecule has 1 aromatic carbocycles. The van der Waals surface area contributed by atoms with Gasteiger partial charge in [-0.1, -0.05) is 12.1 Å². The monoisotopic (exact) mass is 319 g/mol. The Labute approximate surface area is 131 Å². The summed E-state index contributed by atoms with van der Waals surface area (Å²) in [5.41, 5.74) is 3.11. The van der Waals surface area contributed by atoms with Crippen molar-refractivity contribution in [1.82, 2.24) is 14.5 Å². The second-order valence-corrected chi connectivity index (χ2v) is 7.92. The summed E-state index contributed by atoms with van der Waals surface area (Å²) in [5.74, 6) is 0.191.